The molecule has 236 valence electrons. The molecule has 1 heterocycles. The Morgan fingerprint density at radius 1 is 1.04 bits per heavy atom. The standard InChI is InChI=1S/C35H32BrFN4O5/c1-20(2)25-17-26(21(3)14-30(25)44-4)34-40-28-12-8-6-10-24(28)35(43)41(34)38-18-22-15-23(36)16-31(45-5)33(22)46-19-32(42)39-29-13-9-7-11-27(29)37/h6-18,20H,19H2,1-5H3,(H,39,42). The zero-order valence-corrected chi connectivity index (χ0v) is 27.5. The Balaban J connectivity index is 1.60. The molecule has 0 fully saturated rings. The summed E-state index contributed by atoms with van der Waals surface area (Å²) in [4.78, 5) is 31.5. The molecule has 0 atom stereocenters. The summed E-state index contributed by atoms with van der Waals surface area (Å²) >= 11 is 3.48. The molecule has 46 heavy (non-hydrogen) atoms. The minimum atomic E-state index is -0.578. The van der Waals surface area contributed by atoms with Crippen LogP contribution in [0.2, 0.25) is 0 Å². The number of anilines is 1. The fraction of sp³-hybridized carbons (Fsp3) is 0.200. The summed E-state index contributed by atoms with van der Waals surface area (Å²) in [5.41, 5.74) is 3.13. The number of nitrogens with zero attached hydrogens (tertiary/aromatic N) is 3. The molecule has 0 bridgehead atoms. The van der Waals surface area contributed by atoms with E-state index in [0.29, 0.717) is 32.5 Å². The van der Waals surface area contributed by atoms with Crippen LogP contribution in [-0.2, 0) is 4.79 Å². The number of fused-ring (bicyclic) bond motifs is 1. The van der Waals surface area contributed by atoms with Crippen LogP contribution in [0, 0.1) is 12.7 Å². The third-order valence-corrected chi connectivity index (χ3v) is 7.73. The van der Waals surface area contributed by atoms with Crippen LogP contribution in [0.5, 0.6) is 17.2 Å². The summed E-state index contributed by atoms with van der Waals surface area (Å²) in [6.07, 6.45) is 1.45. The molecule has 5 aromatic rings. The summed E-state index contributed by atoms with van der Waals surface area (Å²) in [7, 11) is 3.09. The zero-order valence-electron chi connectivity index (χ0n) is 25.9. The SMILES string of the molecule is COc1cc(C)c(-c2nc3ccccc3c(=O)n2N=Cc2cc(Br)cc(OC)c2OCC(=O)Nc2ccccc2F)cc1C(C)C. The average Bonchev–Trinajstić information content (AvgIpc) is 3.04. The number of aromatic nitrogens is 2. The lowest BCUT2D eigenvalue weighted by atomic mass is 9.96. The molecule has 11 heteroatoms. The Kier molecular flexibility index (Phi) is 9.81. The summed E-state index contributed by atoms with van der Waals surface area (Å²) < 4.78 is 33.0. The Labute approximate surface area is 273 Å². The number of ether oxygens (including phenoxy) is 3. The molecule has 0 aliphatic heterocycles. The highest BCUT2D eigenvalue weighted by Crippen LogP contribution is 2.36. The van der Waals surface area contributed by atoms with Crippen LogP contribution in [0.1, 0.15) is 36.5 Å². The normalized spacial score (nSPS) is 11.3. The van der Waals surface area contributed by atoms with Gasteiger partial charge in [0.2, 0.25) is 0 Å². The van der Waals surface area contributed by atoms with Crippen LogP contribution >= 0.6 is 15.9 Å². The molecule has 0 unspecified atom stereocenters. The van der Waals surface area contributed by atoms with Crippen molar-refractivity contribution in [2.45, 2.75) is 26.7 Å². The van der Waals surface area contributed by atoms with Crippen molar-refractivity contribution >= 4 is 44.6 Å². The third-order valence-electron chi connectivity index (χ3n) is 7.27. The van der Waals surface area contributed by atoms with E-state index in [1.807, 2.05) is 25.1 Å². The molecule has 0 spiro atoms. The fourth-order valence-electron chi connectivity index (χ4n) is 4.97. The average molecular weight is 688 g/mol. The van der Waals surface area contributed by atoms with Crippen LogP contribution < -0.4 is 25.1 Å². The number of para-hydroxylation sites is 2. The first-order valence-electron chi connectivity index (χ1n) is 14.4. The minimum Gasteiger partial charge on any atom is -0.496 e. The van der Waals surface area contributed by atoms with Crippen LogP contribution in [-0.4, -0.2) is 42.6 Å². The van der Waals surface area contributed by atoms with Gasteiger partial charge in [0.15, 0.2) is 23.9 Å². The van der Waals surface area contributed by atoms with Gasteiger partial charge in [0.1, 0.15) is 11.6 Å². The summed E-state index contributed by atoms with van der Waals surface area (Å²) in [6.45, 7) is 5.61. The predicted molar refractivity (Wildman–Crippen MR) is 181 cm³/mol. The van der Waals surface area contributed by atoms with E-state index in [1.165, 1.54) is 36.2 Å². The molecule has 1 amide bonds. The van der Waals surface area contributed by atoms with Crippen molar-refractivity contribution in [3.8, 4) is 28.6 Å². The van der Waals surface area contributed by atoms with Crippen LogP contribution in [0.25, 0.3) is 22.3 Å². The number of methoxy groups -OCH3 is 2. The quantitative estimate of drug-likeness (QED) is 0.155. The number of halogens is 2. The maximum absolute atomic E-state index is 14.1. The van der Waals surface area contributed by atoms with Crippen molar-refractivity contribution in [3.63, 3.8) is 0 Å². The van der Waals surface area contributed by atoms with Gasteiger partial charge in [-0.25, -0.2) is 9.37 Å². The molecule has 0 radical (unpaired) electrons. The maximum atomic E-state index is 14.1. The van der Waals surface area contributed by atoms with Crippen LogP contribution in [0.4, 0.5) is 10.1 Å². The molecule has 0 aliphatic carbocycles. The van der Waals surface area contributed by atoms with E-state index >= 15 is 0 Å². The lowest BCUT2D eigenvalue weighted by Crippen LogP contribution is -2.22. The van der Waals surface area contributed by atoms with Crippen molar-refractivity contribution in [3.05, 3.63) is 110 Å². The zero-order chi connectivity index (χ0) is 33.0. The minimum absolute atomic E-state index is 0.0332. The predicted octanol–water partition coefficient (Wildman–Crippen LogP) is 7.31. The third kappa shape index (κ3) is 6.79. The van der Waals surface area contributed by atoms with E-state index in [2.05, 4.69) is 40.2 Å². The van der Waals surface area contributed by atoms with Gasteiger partial charge in [-0.2, -0.15) is 9.78 Å². The molecule has 9 nitrogen and oxygen atoms in total. The van der Waals surface area contributed by atoms with Gasteiger partial charge in [-0.05, 0) is 72.5 Å². The molecular weight excluding hydrogens is 655 g/mol. The lowest BCUT2D eigenvalue weighted by molar-refractivity contribution is -0.118. The van der Waals surface area contributed by atoms with E-state index in [9.17, 15) is 14.0 Å². The monoisotopic (exact) mass is 686 g/mol. The number of carbonyl (C=O) groups excluding carboxylic acids is 1. The van der Waals surface area contributed by atoms with Crippen LogP contribution in [0.15, 0.2) is 87.2 Å². The van der Waals surface area contributed by atoms with Gasteiger partial charge in [-0.3, -0.25) is 9.59 Å². The molecular formula is C35H32BrFN4O5. The summed E-state index contributed by atoms with van der Waals surface area (Å²) in [5.74, 6) is 0.597. The number of nitrogens with one attached hydrogen (secondary N) is 1. The highest BCUT2D eigenvalue weighted by Gasteiger charge is 2.19. The largest absolute Gasteiger partial charge is 0.496 e. The van der Waals surface area contributed by atoms with Crippen molar-refractivity contribution in [1.82, 2.24) is 9.66 Å². The Hall–Kier alpha value is -5.03. The van der Waals surface area contributed by atoms with Gasteiger partial charge in [0.25, 0.3) is 11.5 Å². The Morgan fingerprint density at radius 2 is 1.76 bits per heavy atom. The van der Waals surface area contributed by atoms with Gasteiger partial charge < -0.3 is 19.5 Å². The van der Waals surface area contributed by atoms with Crippen molar-refractivity contribution in [1.29, 1.82) is 0 Å². The highest BCUT2D eigenvalue weighted by molar-refractivity contribution is 9.10. The number of hydrogen-bond donors (Lipinski definition) is 1. The number of carbonyl (C=O) groups is 1. The Bertz CT molecular complexity index is 2030. The van der Waals surface area contributed by atoms with Gasteiger partial charge >= 0.3 is 0 Å². The van der Waals surface area contributed by atoms with Gasteiger partial charge in [-0.15, -0.1) is 0 Å². The van der Waals surface area contributed by atoms with Crippen molar-refractivity contribution in [2.75, 3.05) is 26.1 Å². The number of aryl methyl sites for hydroxylation is 1. The lowest BCUT2D eigenvalue weighted by Gasteiger charge is -2.17. The molecule has 4 aromatic carbocycles. The van der Waals surface area contributed by atoms with E-state index in [1.54, 1.807) is 43.5 Å². The molecule has 5 rings (SSSR count). The van der Waals surface area contributed by atoms with Crippen molar-refractivity contribution in [2.24, 2.45) is 5.10 Å². The Morgan fingerprint density at radius 3 is 2.48 bits per heavy atom. The van der Waals surface area contributed by atoms with E-state index in [-0.39, 0.29) is 22.9 Å². The van der Waals surface area contributed by atoms with Crippen LogP contribution in [0.3, 0.4) is 0 Å². The second-order valence-corrected chi connectivity index (χ2v) is 11.6. The molecule has 0 saturated heterocycles. The first-order chi connectivity index (χ1) is 22.1. The number of hydrogen-bond acceptors (Lipinski definition) is 7. The molecule has 1 aromatic heterocycles. The fourth-order valence-corrected chi connectivity index (χ4v) is 5.42. The topological polar surface area (TPSA) is 104 Å². The molecule has 1 N–H and O–H groups in total. The second kappa shape index (κ2) is 13.9. The van der Waals surface area contributed by atoms with Crippen molar-refractivity contribution < 1.29 is 23.4 Å². The number of benzene rings is 4. The second-order valence-electron chi connectivity index (χ2n) is 10.7. The number of amides is 1. The molecule has 0 aliphatic rings. The number of rotatable bonds is 10. The van der Waals surface area contributed by atoms with E-state index < -0.39 is 18.3 Å². The van der Waals surface area contributed by atoms with Gasteiger partial charge in [-0.1, -0.05) is 54.0 Å². The summed E-state index contributed by atoms with van der Waals surface area (Å²) in [5, 5.41) is 7.52. The summed E-state index contributed by atoms with van der Waals surface area (Å²) in [6, 6.07) is 20.2. The van der Waals surface area contributed by atoms with E-state index in [0.717, 1.165) is 22.4 Å². The first kappa shape index (κ1) is 32.4. The maximum Gasteiger partial charge on any atom is 0.282 e. The van der Waals surface area contributed by atoms with Gasteiger partial charge in [0.05, 0.1) is 37.0 Å². The van der Waals surface area contributed by atoms with E-state index in [4.69, 9.17) is 19.2 Å². The molecule has 0 saturated carbocycles. The van der Waals surface area contributed by atoms with Gasteiger partial charge in [0, 0.05) is 15.6 Å². The first-order valence-corrected chi connectivity index (χ1v) is 15.2. The smallest absolute Gasteiger partial charge is 0.282 e. The highest BCUT2D eigenvalue weighted by atomic mass is 79.9.